The van der Waals surface area contributed by atoms with Crippen molar-refractivity contribution < 1.29 is 0 Å². The Kier molecular flexibility index (Phi) is 5.34. The Labute approximate surface area is 223 Å². The van der Waals surface area contributed by atoms with Gasteiger partial charge in [-0.15, -0.1) is 0 Å². The Morgan fingerprint density at radius 1 is 0.342 bits per heavy atom. The maximum absolute atomic E-state index is 2.40. The Bertz CT molecular complexity index is 1920. The van der Waals surface area contributed by atoms with Crippen molar-refractivity contribution in [1.29, 1.82) is 0 Å². The summed E-state index contributed by atoms with van der Waals surface area (Å²) in [5.41, 5.74) is 10.3. The summed E-state index contributed by atoms with van der Waals surface area (Å²) in [5.74, 6) is 0. The SMILES string of the molecule is Cc1cc(-c2c3ccccc3c(-c3ccccc3)c3ccccc23)c(C)cc1-c1ccc2ccccc2c1. The molecule has 0 nitrogen and oxygen atoms in total. The molecule has 0 N–H and O–H groups in total. The monoisotopic (exact) mass is 484 g/mol. The van der Waals surface area contributed by atoms with E-state index in [0.717, 1.165) is 0 Å². The van der Waals surface area contributed by atoms with E-state index in [9.17, 15) is 0 Å². The van der Waals surface area contributed by atoms with Gasteiger partial charge < -0.3 is 0 Å². The van der Waals surface area contributed by atoms with Crippen LogP contribution in [-0.4, -0.2) is 0 Å². The molecular weight excluding hydrogens is 456 g/mol. The molecule has 0 heterocycles. The van der Waals surface area contributed by atoms with E-state index in [0.29, 0.717) is 0 Å². The van der Waals surface area contributed by atoms with Crippen molar-refractivity contribution in [2.75, 3.05) is 0 Å². The quantitative estimate of drug-likeness (QED) is 0.219. The number of fused-ring (bicyclic) bond motifs is 3. The van der Waals surface area contributed by atoms with Crippen LogP contribution in [0.5, 0.6) is 0 Å². The normalized spacial score (nSPS) is 11.4. The molecule has 0 aliphatic rings. The molecule has 0 unspecified atom stereocenters. The highest BCUT2D eigenvalue weighted by Crippen LogP contribution is 2.45. The van der Waals surface area contributed by atoms with Gasteiger partial charge in [0.1, 0.15) is 0 Å². The molecule has 0 aromatic heterocycles. The number of benzene rings is 7. The molecular formula is C38H28. The van der Waals surface area contributed by atoms with Gasteiger partial charge in [0.2, 0.25) is 0 Å². The van der Waals surface area contributed by atoms with Gasteiger partial charge in [-0.2, -0.15) is 0 Å². The highest BCUT2D eigenvalue weighted by Gasteiger charge is 2.18. The minimum atomic E-state index is 1.26. The van der Waals surface area contributed by atoms with Crippen molar-refractivity contribution in [3.05, 3.63) is 145 Å². The van der Waals surface area contributed by atoms with Gasteiger partial charge in [0, 0.05) is 0 Å². The smallest absolute Gasteiger partial charge is 0.00236 e. The average molecular weight is 485 g/mol. The largest absolute Gasteiger partial charge is 0.0622 e. The van der Waals surface area contributed by atoms with Crippen molar-refractivity contribution in [1.82, 2.24) is 0 Å². The Balaban J connectivity index is 1.50. The first kappa shape index (κ1) is 22.5. The van der Waals surface area contributed by atoms with E-state index in [4.69, 9.17) is 0 Å². The Hall–Kier alpha value is -4.68. The molecule has 7 aromatic rings. The van der Waals surface area contributed by atoms with Crippen LogP contribution in [0.3, 0.4) is 0 Å². The van der Waals surface area contributed by atoms with E-state index >= 15 is 0 Å². The molecule has 7 rings (SSSR count). The summed E-state index contributed by atoms with van der Waals surface area (Å²) in [6.07, 6.45) is 0. The fraction of sp³-hybridized carbons (Fsp3) is 0.0526. The molecule has 0 heteroatoms. The zero-order valence-electron chi connectivity index (χ0n) is 21.7. The third-order valence-electron chi connectivity index (χ3n) is 7.90. The summed E-state index contributed by atoms with van der Waals surface area (Å²) in [7, 11) is 0. The Morgan fingerprint density at radius 3 is 1.50 bits per heavy atom. The lowest BCUT2D eigenvalue weighted by atomic mass is 9.83. The van der Waals surface area contributed by atoms with E-state index in [2.05, 4.69) is 147 Å². The molecule has 38 heavy (non-hydrogen) atoms. The first-order valence-electron chi connectivity index (χ1n) is 13.3. The first-order valence-corrected chi connectivity index (χ1v) is 13.3. The zero-order valence-corrected chi connectivity index (χ0v) is 21.7. The predicted molar refractivity (Wildman–Crippen MR) is 165 cm³/mol. The summed E-state index contributed by atoms with van der Waals surface area (Å²) >= 11 is 0. The highest BCUT2D eigenvalue weighted by molar-refractivity contribution is 6.21. The van der Waals surface area contributed by atoms with Gasteiger partial charge in [0.05, 0.1) is 0 Å². The maximum atomic E-state index is 2.40. The molecule has 0 radical (unpaired) electrons. The Morgan fingerprint density at radius 2 is 0.842 bits per heavy atom. The molecule has 180 valence electrons. The minimum Gasteiger partial charge on any atom is -0.0622 e. The van der Waals surface area contributed by atoms with Gasteiger partial charge in [-0.1, -0.05) is 127 Å². The second-order valence-electron chi connectivity index (χ2n) is 10.3. The molecule has 0 spiro atoms. The zero-order chi connectivity index (χ0) is 25.6. The predicted octanol–water partition coefficient (Wildman–Crippen LogP) is 10.8. The molecule has 7 aromatic carbocycles. The van der Waals surface area contributed by atoms with Crippen LogP contribution < -0.4 is 0 Å². The van der Waals surface area contributed by atoms with Crippen LogP contribution in [0.2, 0.25) is 0 Å². The third kappa shape index (κ3) is 3.61. The van der Waals surface area contributed by atoms with Crippen LogP contribution >= 0.6 is 0 Å². The van der Waals surface area contributed by atoms with Gasteiger partial charge in [0.15, 0.2) is 0 Å². The summed E-state index contributed by atoms with van der Waals surface area (Å²) in [4.78, 5) is 0. The molecule has 0 aliphatic carbocycles. The standard InChI is InChI=1S/C38H28/c1-25-23-36(26(2)22-35(25)30-21-20-27-12-6-7-15-29(27)24-30)38-33-18-10-8-16-31(33)37(28-13-4-3-5-14-28)32-17-9-11-19-34(32)38/h3-24H,1-2H3. The number of hydrogen-bond donors (Lipinski definition) is 0. The fourth-order valence-electron chi connectivity index (χ4n) is 6.09. The molecule has 0 atom stereocenters. The number of aryl methyl sites for hydroxylation is 2. The van der Waals surface area contributed by atoms with Gasteiger partial charge in [-0.05, 0) is 96.7 Å². The van der Waals surface area contributed by atoms with Crippen molar-refractivity contribution >= 4 is 32.3 Å². The molecule has 0 aliphatic heterocycles. The average Bonchev–Trinajstić information content (AvgIpc) is 2.97. The lowest BCUT2D eigenvalue weighted by molar-refractivity contribution is 1.40. The van der Waals surface area contributed by atoms with Crippen LogP contribution in [-0.2, 0) is 0 Å². The fourth-order valence-corrected chi connectivity index (χ4v) is 6.09. The van der Waals surface area contributed by atoms with Crippen LogP contribution in [0.25, 0.3) is 65.7 Å². The van der Waals surface area contributed by atoms with Crippen LogP contribution in [0.15, 0.2) is 133 Å². The van der Waals surface area contributed by atoms with Crippen molar-refractivity contribution in [3.8, 4) is 33.4 Å². The van der Waals surface area contributed by atoms with Gasteiger partial charge in [0.25, 0.3) is 0 Å². The van der Waals surface area contributed by atoms with E-state index in [1.807, 2.05) is 0 Å². The molecule has 0 saturated heterocycles. The van der Waals surface area contributed by atoms with Crippen LogP contribution in [0, 0.1) is 13.8 Å². The second kappa shape index (κ2) is 9.01. The first-order chi connectivity index (χ1) is 18.7. The molecule has 0 amide bonds. The topological polar surface area (TPSA) is 0 Å². The number of rotatable bonds is 3. The highest BCUT2D eigenvalue weighted by atomic mass is 14.2. The van der Waals surface area contributed by atoms with E-state index in [-0.39, 0.29) is 0 Å². The second-order valence-corrected chi connectivity index (χ2v) is 10.3. The molecule has 0 bridgehead atoms. The van der Waals surface area contributed by atoms with Crippen molar-refractivity contribution in [2.45, 2.75) is 13.8 Å². The van der Waals surface area contributed by atoms with Crippen LogP contribution in [0.4, 0.5) is 0 Å². The minimum absolute atomic E-state index is 1.26. The summed E-state index contributed by atoms with van der Waals surface area (Å²) < 4.78 is 0. The van der Waals surface area contributed by atoms with E-state index < -0.39 is 0 Å². The van der Waals surface area contributed by atoms with Gasteiger partial charge in [-0.25, -0.2) is 0 Å². The summed E-state index contributed by atoms with van der Waals surface area (Å²) in [6, 6.07) is 48.8. The van der Waals surface area contributed by atoms with Crippen molar-refractivity contribution in [3.63, 3.8) is 0 Å². The summed E-state index contributed by atoms with van der Waals surface area (Å²) in [5, 5.41) is 7.74. The van der Waals surface area contributed by atoms with Gasteiger partial charge >= 0.3 is 0 Å². The van der Waals surface area contributed by atoms with E-state index in [1.54, 1.807) is 0 Å². The third-order valence-corrected chi connectivity index (χ3v) is 7.90. The summed E-state index contributed by atoms with van der Waals surface area (Å²) in [6.45, 7) is 4.50. The molecule has 0 saturated carbocycles. The number of hydrogen-bond acceptors (Lipinski definition) is 0. The van der Waals surface area contributed by atoms with E-state index in [1.165, 1.54) is 76.8 Å². The molecule has 0 fully saturated rings. The lowest BCUT2D eigenvalue weighted by Gasteiger charge is -2.20. The van der Waals surface area contributed by atoms with Gasteiger partial charge in [-0.3, -0.25) is 0 Å². The van der Waals surface area contributed by atoms with Crippen LogP contribution in [0.1, 0.15) is 11.1 Å². The lowest BCUT2D eigenvalue weighted by Crippen LogP contribution is -1.94. The maximum Gasteiger partial charge on any atom is -0.00236 e. The van der Waals surface area contributed by atoms with Crippen molar-refractivity contribution in [2.24, 2.45) is 0 Å².